The topological polar surface area (TPSA) is 117 Å². The van der Waals surface area contributed by atoms with Gasteiger partial charge >= 0.3 is 0 Å². The summed E-state index contributed by atoms with van der Waals surface area (Å²) in [6, 6.07) is 9.00. The summed E-state index contributed by atoms with van der Waals surface area (Å²) in [5, 5.41) is 4.89. The molecule has 1 atom stereocenters. The second-order valence-corrected chi connectivity index (χ2v) is 7.77. The molecule has 0 aromatic heterocycles. The monoisotopic (exact) mass is 404 g/mol. The van der Waals surface area contributed by atoms with Crippen LogP contribution in [0.15, 0.2) is 52.4 Å². The molecule has 3 rings (SSSR count). The number of amides is 2. The molecule has 0 aliphatic carbocycles. The lowest BCUT2D eigenvalue weighted by Gasteiger charge is -2.12. The number of benzene rings is 2. The van der Waals surface area contributed by atoms with Gasteiger partial charge in [-0.15, -0.1) is 0 Å². The van der Waals surface area contributed by atoms with E-state index in [-0.39, 0.29) is 22.3 Å². The van der Waals surface area contributed by atoms with E-state index in [1.807, 2.05) is 0 Å². The Morgan fingerprint density at radius 3 is 2.57 bits per heavy atom. The number of anilines is 2. The van der Waals surface area contributed by atoms with Crippen LogP contribution in [0.3, 0.4) is 0 Å². The highest BCUT2D eigenvalue weighted by molar-refractivity contribution is 7.90. The van der Waals surface area contributed by atoms with Crippen LogP contribution in [0.4, 0.5) is 15.8 Å². The summed E-state index contributed by atoms with van der Waals surface area (Å²) in [5.74, 6) is -1.62. The summed E-state index contributed by atoms with van der Waals surface area (Å²) in [6.07, 6.45) is 0. The van der Waals surface area contributed by atoms with E-state index in [4.69, 9.17) is 0 Å². The molecule has 10 heteroatoms. The van der Waals surface area contributed by atoms with Gasteiger partial charge in [-0.2, -0.15) is 0 Å². The number of rotatable bonds is 4. The van der Waals surface area contributed by atoms with E-state index in [2.05, 4.69) is 20.3 Å². The van der Waals surface area contributed by atoms with E-state index in [1.165, 1.54) is 32.0 Å². The van der Waals surface area contributed by atoms with Crippen LogP contribution in [0.1, 0.15) is 19.4 Å². The molecule has 1 heterocycles. The Bertz CT molecular complexity index is 1100. The number of fused-ring (bicyclic) bond motifs is 1. The van der Waals surface area contributed by atoms with Crippen LogP contribution in [0.2, 0.25) is 0 Å². The van der Waals surface area contributed by atoms with Gasteiger partial charge in [0.05, 0.1) is 10.6 Å². The van der Waals surface area contributed by atoms with E-state index < -0.39 is 27.8 Å². The standard InChI is InChI=1S/C18H17FN4O4S/c1-10(20-17-13-5-3-4-6-16(13)28(26,27)23-17)18(25)22-15-9-12(21-11(2)24)7-8-14(15)19/h3-10H,1-2H3,(H,20,23)(H,21,24)(H,22,25)/t10-/m0/s1. The average Bonchev–Trinajstić information content (AvgIpc) is 2.88. The zero-order valence-corrected chi connectivity index (χ0v) is 15.8. The molecule has 0 radical (unpaired) electrons. The molecule has 2 aromatic carbocycles. The molecule has 3 N–H and O–H groups in total. The van der Waals surface area contributed by atoms with Crippen molar-refractivity contribution in [1.82, 2.24) is 4.72 Å². The maximum absolute atomic E-state index is 14.0. The van der Waals surface area contributed by atoms with Crippen LogP contribution in [0.5, 0.6) is 0 Å². The molecule has 8 nitrogen and oxygen atoms in total. The van der Waals surface area contributed by atoms with Crippen LogP contribution in [0.25, 0.3) is 0 Å². The Morgan fingerprint density at radius 1 is 1.14 bits per heavy atom. The Kier molecular flexibility index (Phi) is 5.14. The molecule has 0 saturated carbocycles. The van der Waals surface area contributed by atoms with Gasteiger partial charge in [0, 0.05) is 18.2 Å². The molecule has 0 saturated heterocycles. The highest BCUT2D eigenvalue weighted by Gasteiger charge is 2.31. The first-order valence-corrected chi connectivity index (χ1v) is 9.74. The van der Waals surface area contributed by atoms with Gasteiger partial charge in [-0.1, -0.05) is 12.1 Å². The number of nitrogens with one attached hydrogen (secondary N) is 3. The minimum atomic E-state index is -3.72. The lowest BCUT2D eigenvalue weighted by atomic mass is 10.2. The highest BCUT2D eigenvalue weighted by Crippen LogP contribution is 2.23. The molecule has 1 aliphatic heterocycles. The number of hydrogen-bond acceptors (Lipinski definition) is 5. The van der Waals surface area contributed by atoms with Crippen LogP contribution in [-0.2, 0) is 19.6 Å². The first kappa shape index (κ1) is 19.5. The van der Waals surface area contributed by atoms with Crippen LogP contribution in [0, 0.1) is 5.82 Å². The van der Waals surface area contributed by atoms with Gasteiger partial charge in [0.25, 0.3) is 10.0 Å². The fraction of sp³-hybridized carbons (Fsp3) is 0.167. The fourth-order valence-electron chi connectivity index (χ4n) is 2.62. The smallest absolute Gasteiger partial charge is 0.263 e. The molecular formula is C18H17FN4O4S. The van der Waals surface area contributed by atoms with Gasteiger partial charge in [0.1, 0.15) is 17.7 Å². The van der Waals surface area contributed by atoms with Gasteiger partial charge in [-0.3, -0.25) is 19.3 Å². The first-order valence-electron chi connectivity index (χ1n) is 8.25. The van der Waals surface area contributed by atoms with E-state index in [0.29, 0.717) is 11.3 Å². The summed E-state index contributed by atoms with van der Waals surface area (Å²) < 4.78 is 40.5. The lowest BCUT2D eigenvalue weighted by Crippen LogP contribution is -2.29. The van der Waals surface area contributed by atoms with Crippen molar-refractivity contribution in [3.8, 4) is 0 Å². The molecular weight excluding hydrogens is 387 g/mol. The summed E-state index contributed by atoms with van der Waals surface area (Å²) in [4.78, 5) is 27.7. The van der Waals surface area contributed by atoms with Crippen molar-refractivity contribution in [2.24, 2.45) is 4.99 Å². The number of aliphatic imine (C=N–C) groups is 1. The lowest BCUT2D eigenvalue weighted by molar-refractivity contribution is -0.117. The zero-order valence-electron chi connectivity index (χ0n) is 15.0. The molecule has 0 fully saturated rings. The average molecular weight is 404 g/mol. The van der Waals surface area contributed by atoms with Crippen molar-refractivity contribution in [3.05, 3.63) is 53.8 Å². The quantitative estimate of drug-likeness (QED) is 0.721. The van der Waals surface area contributed by atoms with Crippen molar-refractivity contribution in [2.45, 2.75) is 24.8 Å². The van der Waals surface area contributed by atoms with Gasteiger partial charge in [0.15, 0.2) is 0 Å². The van der Waals surface area contributed by atoms with Crippen molar-refractivity contribution in [3.63, 3.8) is 0 Å². The molecule has 0 bridgehead atoms. The number of carbonyl (C=O) groups excluding carboxylic acids is 2. The van der Waals surface area contributed by atoms with Crippen LogP contribution >= 0.6 is 0 Å². The van der Waals surface area contributed by atoms with Crippen molar-refractivity contribution >= 4 is 39.0 Å². The fourth-order valence-corrected chi connectivity index (χ4v) is 3.86. The van der Waals surface area contributed by atoms with Gasteiger partial charge in [-0.05, 0) is 37.3 Å². The number of nitrogens with zero attached hydrogens (tertiary/aromatic N) is 1. The third-order valence-corrected chi connectivity index (χ3v) is 5.31. The van der Waals surface area contributed by atoms with Crippen LogP contribution < -0.4 is 15.4 Å². The summed E-state index contributed by atoms with van der Waals surface area (Å²) >= 11 is 0. The molecule has 146 valence electrons. The minimum absolute atomic E-state index is 0.0470. The Morgan fingerprint density at radius 2 is 1.86 bits per heavy atom. The SMILES string of the molecule is CC(=O)Nc1ccc(F)c(NC(=O)[C@H](C)N=C2NS(=O)(=O)c3ccccc32)c1. The number of carbonyl (C=O) groups is 2. The Labute approximate surface area is 160 Å². The zero-order chi connectivity index (χ0) is 20.5. The molecule has 2 amide bonds. The molecule has 0 spiro atoms. The second-order valence-electron chi connectivity index (χ2n) is 6.12. The predicted molar refractivity (Wildman–Crippen MR) is 102 cm³/mol. The van der Waals surface area contributed by atoms with E-state index in [1.54, 1.807) is 18.2 Å². The number of hydrogen-bond donors (Lipinski definition) is 3. The van der Waals surface area contributed by atoms with E-state index >= 15 is 0 Å². The minimum Gasteiger partial charge on any atom is -0.326 e. The Balaban J connectivity index is 1.81. The van der Waals surface area contributed by atoms with Crippen molar-refractivity contribution in [2.75, 3.05) is 10.6 Å². The third kappa shape index (κ3) is 4.01. The van der Waals surface area contributed by atoms with Gasteiger partial charge in [-0.25, -0.2) is 12.8 Å². The maximum Gasteiger partial charge on any atom is 0.263 e. The van der Waals surface area contributed by atoms with E-state index in [0.717, 1.165) is 6.07 Å². The van der Waals surface area contributed by atoms with Crippen LogP contribution in [-0.4, -0.2) is 32.1 Å². The maximum atomic E-state index is 14.0. The first-order chi connectivity index (χ1) is 13.2. The van der Waals surface area contributed by atoms with Gasteiger partial charge < -0.3 is 10.6 Å². The Hall–Kier alpha value is -3.27. The number of amidine groups is 1. The molecule has 2 aromatic rings. The number of halogens is 1. The normalized spacial score (nSPS) is 16.8. The third-order valence-electron chi connectivity index (χ3n) is 3.91. The number of sulfonamides is 1. The largest absolute Gasteiger partial charge is 0.326 e. The summed E-state index contributed by atoms with van der Waals surface area (Å²) in [5.41, 5.74) is 0.553. The van der Waals surface area contributed by atoms with E-state index in [9.17, 15) is 22.4 Å². The van der Waals surface area contributed by atoms with Crippen molar-refractivity contribution < 1.29 is 22.4 Å². The summed E-state index contributed by atoms with van der Waals surface area (Å²) in [7, 11) is -3.72. The highest BCUT2D eigenvalue weighted by atomic mass is 32.2. The molecule has 28 heavy (non-hydrogen) atoms. The molecule has 1 aliphatic rings. The van der Waals surface area contributed by atoms with Crippen molar-refractivity contribution in [1.29, 1.82) is 0 Å². The predicted octanol–water partition coefficient (Wildman–Crippen LogP) is 1.85. The van der Waals surface area contributed by atoms with Gasteiger partial charge in [0.2, 0.25) is 11.8 Å². The summed E-state index contributed by atoms with van der Waals surface area (Å²) in [6.45, 7) is 2.76. The molecule has 0 unspecified atom stereocenters. The second kappa shape index (κ2) is 7.39.